The van der Waals surface area contributed by atoms with E-state index < -0.39 is 0 Å². The fourth-order valence-corrected chi connectivity index (χ4v) is 2.57. The van der Waals surface area contributed by atoms with Crippen LogP contribution in [0.1, 0.15) is 38.5 Å². The molecule has 0 saturated heterocycles. The van der Waals surface area contributed by atoms with E-state index in [-0.39, 0.29) is 5.41 Å². The minimum atomic E-state index is 0.208. The predicted molar refractivity (Wildman–Crippen MR) is 74.1 cm³/mol. The van der Waals surface area contributed by atoms with Gasteiger partial charge in [0.25, 0.3) is 0 Å². The van der Waals surface area contributed by atoms with Crippen molar-refractivity contribution in [3.05, 3.63) is 22.4 Å². The molecule has 0 radical (unpaired) electrons. The van der Waals surface area contributed by atoms with E-state index in [1.165, 1.54) is 4.88 Å². The van der Waals surface area contributed by atoms with Gasteiger partial charge in [-0.25, -0.2) is 0 Å². The van der Waals surface area contributed by atoms with Crippen molar-refractivity contribution in [2.24, 2.45) is 5.41 Å². The Morgan fingerprint density at radius 1 is 1.53 bits per heavy atom. The van der Waals surface area contributed by atoms with Crippen molar-refractivity contribution < 1.29 is 0 Å². The minimum Gasteiger partial charge on any atom is -0.313 e. The summed E-state index contributed by atoms with van der Waals surface area (Å²) in [5.41, 5.74) is 0.208. The van der Waals surface area contributed by atoms with Crippen molar-refractivity contribution in [2.45, 2.75) is 46.1 Å². The molecule has 1 unspecified atom stereocenters. The van der Waals surface area contributed by atoms with Gasteiger partial charge in [-0.05, 0) is 36.6 Å². The van der Waals surface area contributed by atoms with Gasteiger partial charge in [-0.2, -0.15) is 5.26 Å². The summed E-state index contributed by atoms with van der Waals surface area (Å²) in [7, 11) is 0. The summed E-state index contributed by atoms with van der Waals surface area (Å²) in [6, 6.07) is 7.00. The molecule has 0 fully saturated rings. The number of nitrogens with zero attached hydrogens (tertiary/aromatic N) is 1. The number of nitriles is 1. The number of hydrogen-bond donors (Lipinski definition) is 1. The Labute approximate surface area is 109 Å². The summed E-state index contributed by atoms with van der Waals surface area (Å²) < 4.78 is 0. The molecule has 1 aromatic heterocycles. The molecule has 0 aliphatic heterocycles. The molecular weight excluding hydrogens is 228 g/mol. The highest BCUT2D eigenvalue weighted by Crippen LogP contribution is 2.21. The zero-order chi connectivity index (χ0) is 12.7. The van der Waals surface area contributed by atoms with E-state index >= 15 is 0 Å². The fraction of sp³-hybridized carbons (Fsp3) is 0.643. The second kappa shape index (κ2) is 6.78. The molecule has 0 amide bonds. The molecule has 0 aliphatic rings. The van der Waals surface area contributed by atoms with Gasteiger partial charge in [0.2, 0.25) is 0 Å². The van der Waals surface area contributed by atoms with Crippen molar-refractivity contribution in [1.82, 2.24) is 5.32 Å². The normalized spacial score (nSPS) is 13.3. The summed E-state index contributed by atoms with van der Waals surface area (Å²) in [4.78, 5) is 1.43. The predicted octanol–water partition coefficient (Wildman–Crippen LogP) is 3.60. The lowest BCUT2D eigenvalue weighted by Gasteiger charge is -2.26. The van der Waals surface area contributed by atoms with E-state index in [2.05, 4.69) is 49.7 Å². The molecule has 1 atom stereocenters. The van der Waals surface area contributed by atoms with Gasteiger partial charge in [0, 0.05) is 23.9 Å². The van der Waals surface area contributed by atoms with Gasteiger partial charge in [0.05, 0.1) is 6.07 Å². The zero-order valence-electron chi connectivity index (χ0n) is 11.0. The lowest BCUT2D eigenvalue weighted by molar-refractivity contribution is 0.303. The second-order valence-corrected chi connectivity index (χ2v) is 6.42. The summed E-state index contributed by atoms with van der Waals surface area (Å²) >= 11 is 1.82. The lowest BCUT2D eigenvalue weighted by Crippen LogP contribution is -2.36. The van der Waals surface area contributed by atoms with Crippen LogP contribution in [0.4, 0.5) is 0 Å². The largest absolute Gasteiger partial charge is 0.313 e. The summed E-state index contributed by atoms with van der Waals surface area (Å²) in [6.45, 7) is 7.63. The van der Waals surface area contributed by atoms with Gasteiger partial charge in [-0.1, -0.05) is 19.9 Å². The highest BCUT2D eigenvalue weighted by atomic mass is 32.1. The van der Waals surface area contributed by atoms with Gasteiger partial charge >= 0.3 is 0 Å². The molecule has 17 heavy (non-hydrogen) atoms. The number of nitrogens with one attached hydrogen (secondary N) is 1. The molecule has 0 aliphatic carbocycles. The molecular formula is C14H22N2S. The fourth-order valence-electron chi connectivity index (χ4n) is 1.74. The quantitative estimate of drug-likeness (QED) is 0.802. The van der Waals surface area contributed by atoms with Crippen molar-refractivity contribution >= 4 is 11.3 Å². The summed E-state index contributed by atoms with van der Waals surface area (Å²) in [5.74, 6) is 0. The lowest BCUT2D eigenvalue weighted by atomic mass is 9.87. The van der Waals surface area contributed by atoms with Gasteiger partial charge in [-0.15, -0.1) is 11.3 Å². The van der Waals surface area contributed by atoms with E-state index in [1.807, 2.05) is 11.3 Å². The minimum absolute atomic E-state index is 0.208. The topological polar surface area (TPSA) is 35.8 Å². The first-order valence-electron chi connectivity index (χ1n) is 6.16. The molecule has 1 N–H and O–H groups in total. The van der Waals surface area contributed by atoms with Crippen LogP contribution < -0.4 is 5.32 Å². The van der Waals surface area contributed by atoms with Crippen molar-refractivity contribution in [3.63, 3.8) is 0 Å². The molecule has 1 heterocycles. The SMILES string of the molecule is CC(Cc1cccs1)NCC(C)(C)CCC#N. The van der Waals surface area contributed by atoms with Crippen LogP contribution >= 0.6 is 11.3 Å². The third-order valence-corrected chi connectivity index (χ3v) is 3.83. The Hall–Kier alpha value is -0.850. The van der Waals surface area contributed by atoms with Crippen LogP contribution in [0.3, 0.4) is 0 Å². The third kappa shape index (κ3) is 5.86. The van der Waals surface area contributed by atoms with Crippen molar-refractivity contribution in [1.29, 1.82) is 5.26 Å². The zero-order valence-corrected chi connectivity index (χ0v) is 11.8. The van der Waals surface area contributed by atoms with Crippen LogP contribution in [0.25, 0.3) is 0 Å². The molecule has 0 bridgehead atoms. The standard InChI is InChI=1S/C14H22N2S/c1-12(10-13-6-4-9-17-13)16-11-14(2,3)7-5-8-15/h4,6,9,12,16H,5,7,10-11H2,1-3H3. The number of hydrogen-bond acceptors (Lipinski definition) is 3. The van der Waals surface area contributed by atoms with Crippen LogP contribution in [0.2, 0.25) is 0 Å². The molecule has 1 rings (SSSR count). The molecule has 2 nitrogen and oxygen atoms in total. The molecule has 1 aromatic rings. The van der Waals surface area contributed by atoms with Crippen LogP contribution in [-0.2, 0) is 6.42 Å². The van der Waals surface area contributed by atoms with Gasteiger partial charge in [0.15, 0.2) is 0 Å². The van der Waals surface area contributed by atoms with E-state index in [0.717, 1.165) is 19.4 Å². The average molecular weight is 250 g/mol. The van der Waals surface area contributed by atoms with E-state index in [9.17, 15) is 0 Å². The Bertz CT molecular complexity index is 349. The smallest absolute Gasteiger partial charge is 0.0621 e. The Morgan fingerprint density at radius 3 is 2.88 bits per heavy atom. The highest BCUT2D eigenvalue weighted by molar-refractivity contribution is 7.09. The third-order valence-electron chi connectivity index (χ3n) is 2.93. The van der Waals surface area contributed by atoms with E-state index in [0.29, 0.717) is 12.5 Å². The Balaban J connectivity index is 2.27. The summed E-state index contributed by atoms with van der Waals surface area (Å²) in [6.07, 6.45) is 2.70. The maximum absolute atomic E-state index is 8.61. The Kier molecular flexibility index (Phi) is 5.67. The van der Waals surface area contributed by atoms with E-state index in [1.54, 1.807) is 0 Å². The first kappa shape index (κ1) is 14.2. The first-order chi connectivity index (χ1) is 8.03. The highest BCUT2D eigenvalue weighted by Gasteiger charge is 2.18. The Morgan fingerprint density at radius 2 is 2.29 bits per heavy atom. The first-order valence-corrected chi connectivity index (χ1v) is 7.04. The molecule has 3 heteroatoms. The summed E-state index contributed by atoms with van der Waals surface area (Å²) in [5, 5.41) is 14.3. The maximum atomic E-state index is 8.61. The van der Waals surface area contributed by atoms with Crippen molar-refractivity contribution in [2.75, 3.05) is 6.54 Å². The number of thiophene rings is 1. The monoisotopic (exact) mass is 250 g/mol. The van der Waals surface area contributed by atoms with Crippen LogP contribution in [-0.4, -0.2) is 12.6 Å². The molecule has 0 aromatic carbocycles. The van der Waals surface area contributed by atoms with Gasteiger partial charge in [0.1, 0.15) is 0 Å². The van der Waals surface area contributed by atoms with Crippen LogP contribution in [0.15, 0.2) is 17.5 Å². The van der Waals surface area contributed by atoms with Gasteiger partial charge in [-0.3, -0.25) is 0 Å². The molecule has 0 saturated carbocycles. The average Bonchev–Trinajstić information content (AvgIpc) is 2.77. The molecule has 94 valence electrons. The van der Waals surface area contributed by atoms with Gasteiger partial charge < -0.3 is 5.32 Å². The van der Waals surface area contributed by atoms with Crippen molar-refractivity contribution in [3.8, 4) is 6.07 Å². The number of rotatable bonds is 7. The maximum Gasteiger partial charge on any atom is 0.0621 e. The second-order valence-electron chi connectivity index (χ2n) is 5.39. The van der Waals surface area contributed by atoms with Crippen LogP contribution in [0, 0.1) is 16.7 Å². The molecule has 0 spiro atoms. The van der Waals surface area contributed by atoms with Crippen LogP contribution in [0.5, 0.6) is 0 Å². The van der Waals surface area contributed by atoms with E-state index in [4.69, 9.17) is 5.26 Å².